The van der Waals surface area contributed by atoms with E-state index in [1.54, 1.807) is 6.07 Å². The van der Waals surface area contributed by atoms with Crippen LogP contribution in [0.4, 0.5) is 0 Å². The lowest BCUT2D eigenvalue weighted by Crippen LogP contribution is -2.10. The second-order valence-corrected chi connectivity index (χ2v) is 2.84. The zero-order valence-corrected chi connectivity index (χ0v) is 7.78. The van der Waals surface area contributed by atoms with E-state index >= 15 is 0 Å². The molecule has 1 aromatic heterocycles. The van der Waals surface area contributed by atoms with E-state index in [4.69, 9.17) is 4.74 Å². The third-order valence-electron chi connectivity index (χ3n) is 1.94. The molecule has 0 aliphatic rings. The summed E-state index contributed by atoms with van der Waals surface area (Å²) in [5.41, 5.74) is -0.191. The van der Waals surface area contributed by atoms with E-state index in [2.05, 4.69) is 10.2 Å². The van der Waals surface area contributed by atoms with Crippen molar-refractivity contribution in [1.29, 1.82) is 0 Å². The highest BCUT2D eigenvalue weighted by Gasteiger charge is 2.04. The number of rotatable bonds is 2. The molecule has 4 nitrogen and oxygen atoms in total. The Hall–Kier alpha value is -1.84. The van der Waals surface area contributed by atoms with Gasteiger partial charge in [0.15, 0.2) is 0 Å². The summed E-state index contributed by atoms with van der Waals surface area (Å²) in [5.74, 6) is 0.475. The van der Waals surface area contributed by atoms with Crippen molar-refractivity contribution in [1.82, 2.24) is 10.2 Å². The maximum atomic E-state index is 11.4. The van der Waals surface area contributed by atoms with Gasteiger partial charge in [-0.25, -0.2) is 5.10 Å². The molecule has 1 aromatic carbocycles. The number of benzene rings is 1. The van der Waals surface area contributed by atoms with Crippen LogP contribution in [-0.2, 0) is 0 Å². The Morgan fingerprint density at radius 2 is 2.07 bits per heavy atom. The fourth-order valence-corrected chi connectivity index (χ4v) is 1.34. The van der Waals surface area contributed by atoms with Crippen molar-refractivity contribution >= 4 is 10.8 Å². The van der Waals surface area contributed by atoms with Crippen molar-refractivity contribution < 1.29 is 4.74 Å². The van der Waals surface area contributed by atoms with E-state index in [1.165, 1.54) is 0 Å². The Kier molecular flexibility index (Phi) is 2.18. The minimum absolute atomic E-state index is 0.191. The summed E-state index contributed by atoms with van der Waals surface area (Å²) < 4.78 is 5.29. The molecule has 0 amide bonds. The maximum absolute atomic E-state index is 11.4. The number of fused-ring (bicyclic) bond motifs is 1. The van der Waals surface area contributed by atoms with Crippen molar-refractivity contribution in [2.45, 2.75) is 6.92 Å². The molecule has 0 aliphatic carbocycles. The van der Waals surface area contributed by atoms with Gasteiger partial charge in [-0.05, 0) is 19.1 Å². The van der Waals surface area contributed by atoms with Gasteiger partial charge in [0.2, 0.25) is 5.88 Å². The first-order chi connectivity index (χ1) is 6.83. The molecule has 0 aliphatic heterocycles. The van der Waals surface area contributed by atoms with Crippen LogP contribution in [0.15, 0.2) is 29.1 Å². The summed E-state index contributed by atoms with van der Waals surface area (Å²) in [6.07, 6.45) is 0. The molecule has 2 rings (SSSR count). The molecule has 0 spiro atoms. The highest BCUT2D eigenvalue weighted by molar-refractivity contribution is 5.85. The Morgan fingerprint density at radius 1 is 1.36 bits per heavy atom. The molecule has 14 heavy (non-hydrogen) atoms. The fraction of sp³-hybridized carbons (Fsp3) is 0.200. The van der Waals surface area contributed by atoms with Gasteiger partial charge in [0.05, 0.1) is 17.4 Å². The highest BCUT2D eigenvalue weighted by atomic mass is 16.5. The minimum Gasteiger partial charge on any atom is -0.477 e. The van der Waals surface area contributed by atoms with Crippen LogP contribution >= 0.6 is 0 Å². The average Bonchev–Trinajstić information content (AvgIpc) is 2.23. The molecule has 1 N–H and O–H groups in total. The zero-order chi connectivity index (χ0) is 9.97. The van der Waals surface area contributed by atoms with Gasteiger partial charge in [0.1, 0.15) is 0 Å². The van der Waals surface area contributed by atoms with Crippen molar-refractivity contribution in [3.05, 3.63) is 34.6 Å². The van der Waals surface area contributed by atoms with Crippen LogP contribution in [0.1, 0.15) is 6.92 Å². The largest absolute Gasteiger partial charge is 0.477 e. The molecule has 0 saturated heterocycles. The molecular formula is C10H10N2O2. The normalized spacial score (nSPS) is 10.4. The number of aromatic amines is 1. The van der Waals surface area contributed by atoms with E-state index in [0.29, 0.717) is 17.9 Å². The minimum atomic E-state index is -0.191. The number of H-pyrrole nitrogens is 1. The molecule has 0 unspecified atom stereocenters. The molecule has 0 fully saturated rings. The van der Waals surface area contributed by atoms with Gasteiger partial charge in [-0.3, -0.25) is 4.79 Å². The second-order valence-electron chi connectivity index (χ2n) is 2.84. The second kappa shape index (κ2) is 3.49. The number of hydrogen-bond acceptors (Lipinski definition) is 3. The Balaban J connectivity index is 2.75. The molecule has 1 heterocycles. The smallest absolute Gasteiger partial charge is 0.272 e. The van der Waals surface area contributed by atoms with Crippen molar-refractivity contribution in [2.75, 3.05) is 6.61 Å². The van der Waals surface area contributed by atoms with Gasteiger partial charge >= 0.3 is 0 Å². The van der Waals surface area contributed by atoms with Crippen molar-refractivity contribution in [3.63, 3.8) is 0 Å². The van der Waals surface area contributed by atoms with Crippen LogP contribution < -0.4 is 10.3 Å². The predicted molar refractivity (Wildman–Crippen MR) is 53.5 cm³/mol. The number of hydrogen-bond donors (Lipinski definition) is 1. The first-order valence-electron chi connectivity index (χ1n) is 4.43. The number of nitrogens with one attached hydrogen (secondary N) is 1. The van der Waals surface area contributed by atoms with E-state index in [-0.39, 0.29) is 5.56 Å². The summed E-state index contributed by atoms with van der Waals surface area (Å²) in [5, 5.41) is 7.58. The molecule has 0 bridgehead atoms. The van der Waals surface area contributed by atoms with Crippen LogP contribution in [0.2, 0.25) is 0 Å². The number of aromatic nitrogens is 2. The zero-order valence-electron chi connectivity index (χ0n) is 7.78. The fourth-order valence-electron chi connectivity index (χ4n) is 1.34. The molecule has 2 aromatic rings. The van der Waals surface area contributed by atoms with Crippen LogP contribution in [0.3, 0.4) is 0 Å². The summed E-state index contributed by atoms with van der Waals surface area (Å²) in [4.78, 5) is 11.4. The van der Waals surface area contributed by atoms with E-state index in [0.717, 1.165) is 5.39 Å². The Labute approximate surface area is 80.5 Å². The van der Waals surface area contributed by atoms with Crippen LogP contribution in [0.25, 0.3) is 10.8 Å². The molecular weight excluding hydrogens is 180 g/mol. The molecule has 72 valence electrons. The summed E-state index contributed by atoms with van der Waals surface area (Å²) in [6.45, 7) is 2.41. The third-order valence-corrected chi connectivity index (χ3v) is 1.94. The first-order valence-corrected chi connectivity index (χ1v) is 4.43. The lowest BCUT2D eigenvalue weighted by Gasteiger charge is -2.03. The third kappa shape index (κ3) is 1.35. The number of nitrogens with zero attached hydrogens (tertiary/aromatic N) is 1. The van der Waals surface area contributed by atoms with Crippen LogP contribution in [0.5, 0.6) is 5.88 Å². The van der Waals surface area contributed by atoms with Gasteiger partial charge in [-0.1, -0.05) is 12.1 Å². The predicted octanol–water partition coefficient (Wildman–Crippen LogP) is 1.32. The van der Waals surface area contributed by atoms with Gasteiger partial charge < -0.3 is 4.74 Å². The topological polar surface area (TPSA) is 55.0 Å². The first kappa shape index (κ1) is 8.74. The molecule has 0 saturated carbocycles. The average molecular weight is 190 g/mol. The van der Waals surface area contributed by atoms with Gasteiger partial charge in [0.25, 0.3) is 5.56 Å². The Bertz CT molecular complexity index is 505. The number of ether oxygens (including phenoxy) is 1. The van der Waals surface area contributed by atoms with Crippen molar-refractivity contribution in [2.24, 2.45) is 0 Å². The lowest BCUT2D eigenvalue weighted by molar-refractivity contribution is 0.327. The van der Waals surface area contributed by atoms with Gasteiger partial charge in [0, 0.05) is 0 Å². The van der Waals surface area contributed by atoms with E-state index < -0.39 is 0 Å². The van der Waals surface area contributed by atoms with Gasteiger partial charge in [-0.2, -0.15) is 0 Å². The van der Waals surface area contributed by atoms with Crippen LogP contribution in [0, 0.1) is 0 Å². The quantitative estimate of drug-likeness (QED) is 0.777. The van der Waals surface area contributed by atoms with Crippen molar-refractivity contribution in [3.8, 4) is 5.88 Å². The molecule has 0 radical (unpaired) electrons. The Morgan fingerprint density at radius 3 is 2.79 bits per heavy atom. The summed E-state index contributed by atoms with van der Waals surface area (Å²) in [6, 6.07) is 7.24. The monoisotopic (exact) mass is 190 g/mol. The lowest BCUT2D eigenvalue weighted by atomic mass is 10.2. The highest BCUT2D eigenvalue weighted by Crippen LogP contribution is 2.18. The van der Waals surface area contributed by atoms with E-state index in [9.17, 15) is 4.79 Å². The van der Waals surface area contributed by atoms with Crippen LogP contribution in [-0.4, -0.2) is 16.8 Å². The standard InChI is InChI=1S/C10H10N2O2/c1-2-14-10-8-6-4-3-5-7(8)9(13)11-12-10/h3-6H,2H2,1H3,(H,11,13). The van der Waals surface area contributed by atoms with Gasteiger partial charge in [-0.15, -0.1) is 5.10 Å². The van der Waals surface area contributed by atoms with E-state index in [1.807, 2.05) is 25.1 Å². The summed E-state index contributed by atoms with van der Waals surface area (Å²) >= 11 is 0. The maximum Gasteiger partial charge on any atom is 0.272 e. The molecule has 0 atom stereocenters. The summed E-state index contributed by atoms with van der Waals surface area (Å²) in [7, 11) is 0. The molecule has 4 heteroatoms. The SMILES string of the molecule is CCOc1n[nH]c(=O)c2ccccc12.